The molecular weight excluding hydrogens is 158 g/mol. The molecule has 1 aliphatic rings. The smallest absolute Gasteiger partial charge is 0.0389 e. The zero-order valence-corrected chi connectivity index (χ0v) is 9.07. The van der Waals surface area contributed by atoms with E-state index in [1.165, 1.54) is 18.6 Å². The highest BCUT2D eigenvalue weighted by atomic mass is 14.8. The molecule has 0 unspecified atom stereocenters. The van der Waals surface area contributed by atoms with Gasteiger partial charge in [-0.15, -0.1) is 0 Å². The van der Waals surface area contributed by atoms with Crippen molar-refractivity contribution in [1.29, 1.82) is 0 Å². The molecule has 0 spiro atoms. The molecule has 78 valence electrons. The van der Waals surface area contributed by atoms with E-state index in [0.717, 1.165) is 6.54 Å². The Bertz CT molecular complexity index is 194. The summed E-state index contributed by atoms with van der Waals surface area (Å²) in [6.07, 6.45) is 2.55. The highest BCUT2D eigenvalue weighted by Crippen LogP contribution is 2.36. The molecule has 1 heteroatoms. The van der Waals surface area contributed by atoms with Crippen LogP contribution in [0, 0.1) is 10.8 Å². The number of rotatable bonds is 0. The summed E-state index contributed by atoms with van der Waals surface area (Å²) in [4.78, 5) is 4.67. The molecule has 0 aliphatic carbocycles. The van der Waals surface area contributed by atoms with E-state index in [1.807, 2.05) is 0 Å². The Labute approximate surface area is 83.6 Å². The van der Waals surface area contributed by atoms with E-state index in [9.17, 15) is 0 Å². The second kappa shape index (κ2) is 3.81. The maximum atomic E-state index is 4.67. The fourth-order valence-electron chi connectivity index (χ4n) is 2.30. The molecule has 1 heterocycles. The van der Waals surface area contributed by atoms with E-state index in [-0.39, 0.29) is 12.8 Å². The molecule has 0 radical (unpaired) electrons. The quantitative estimate of drug-likeness (QED) is 0.539. The van der Waals surface area contributed by atoms with Crippen LogP contribution >= 0.6 is 0 Å². The van der Waals surface area contributed by atoms with E-state index in [4.69, 9.17) is 0 Å². The van der Waals surface area contributed by atoms with E-state index < -0.39 is 0 Å². The van der Waals surface area contributed by atoms with Crippen molar-refractivity contribution >= 4 is 5.71 Å². The third-order valence-electron chi connectivity index (χ3n) is 2.58. The van der Waals surface area contributed by atoms with Crippen molar-refractivity contribution in [3.8, 4) is 0 Å². The molecule has 0 saturated carbocycles. The largest absolute Gasteiger partial charge is 0.293 e. The average molecular weight is 183 g/mol. The second-order valence-corrected chi connectivity index (χ2v) is 5.47. The summed E-state index contributed by atoms with van der Waals surface area (Å²) in [6, 6.07) is 0. The standard InChI is InChI=1S/C11H21N.CH4/c1-10(2,3)9-11(4,5)7-6-8-12-9;/h6-8H2,1-5H3;1H4. The predicted octanol–water partition coefficient (Wildman–Crippen LogP) is 3.93. The Hall–Kier alpha value is -0.330. The van der Waals surface area contributed by atoms with Gasteiger partial charge in [-0.2, -0.15) is 0 Å². The molecule has 0 saturated heterocycles. The van der Waals surface area contributed by atoms with Gasteiger partial charge in [-0.25, -0.2) is 0 Å². The van der Waals surface area contributed by atoms with Gasteiger partial charge in [-0.05, 0) is 12.8 Å². The van der Waals surface area contributed by atoms with Crippen LogP contribution in [-0.2, 0) is 0 Å². The molecule has 1 rings (SSSR count). The van der Waals surface area contributed by atoms with Gasteiger partial charge in [0.05, 0.1) is 0 Å². The van der Waals surface area contributed by atoms with Gasteiger partial charge in [0, 0.05) is 23.1 Å². The highest BCUT2D eigenvalue weighted by molar-refractivity contribution is 5.94. The van der Waals surface area contributed by atoms with Crippen LogP contribution in [0.2, 0.25) is 0 Å². The van der Waals surface area contributed by atoms with Gasteiger partial charge in [0.1, 0.15) is 0 Å². The van der Waals surface area contributed by atoms with Crippen molar-refractivity contribution in [2.75, 3.05) is 6.54 Å². The Morgan fingerprint density at radius 1 is 1.23 bits per heavy atom. The molecule has 1 aliphatic heterocycles. The first-order chi connectivity index (χ1) is 5.34. The molecular formula is C12H25N. The predicted molar refractivity (Wildman–Crippen MR) is 61.5 cm³/mol. The maximum Gasteiger partial charge on any atom is 0.0389 e. The SMILES string of the molecule is C.CC(C)(C)C1=NCCCC1(C)C. The van der Waals surface area contributed by atoms with Crippen molar-refractivity contribution in [2.24, 2.45) is 15.8 Å². The first-order valence-corrected chi connectivity index (χ1v) is 4.89. The number of hydrogen-bond acceptors (Lipinski definition) is 1. The highest BCUT2D eigenvalue weighted by Gasteiger charge is 2.34. The minimum atomic E-state index is 0. The summed E-state index contributed by atoms with van der Waals surface area (Å²) >= 11 is 0. The third kappa shape index (κ3) is 2.82. The van der Waals surface area contributed by atoms with Crippen LogP contribution < -0.4 is 0 Å². The first kappa shape index (κ1) is 12.7. The second-order valence-electron chi connectivity index (χ2n) is 5.47. The minimum absolute atomic E-state index is 0. The van der Waals surface area contributed by atoms with Crippen molar-refractivity contribution < 1.29 is 0 Å². The van der Waals surface area contributed by atoms with Gasteiger partial charge >= 0.3 is 0 Å². The summed E-state index contributed by atoms with van der Waals surface area (Å²) in [7, 11) is 0. The molecule has 0 N–H and O–H groups in total. The summed E-state index contributed by atoms with van der Waals surface area (Å²) in [5.74, 6) is 0. The van der Waals surface area contributed by atoms with Crippen molar-refractivity contribution in [3.63, 3.8) is 0 Å². The summed E-state index contributed by atoms with van der Waals surface area (Å²) in [6.45, 7) is 12.5. The van der Waals surface area contributed by atoms with Crippen molar-refractivity contribution in [2.45, 2.75) is 54.9 Å². The molecule has 0 fully saturated rings. The fraction of sp³-hybridized carbons (Fsp3) is 0.917. The lowest BCUT2D eigenvalue weighted by Gasteiger charge is -2.38. The van der Waals surface area contributed by atoms with E-state index in [1.54, 1.807) is 0 Å². The van der Waals surface area contributed by atoms with Gasteiger partial charge in [0.25, 0.3) is 0 Å². The van der Waals surface area contributed by atoms with Gasteiger partial charge in [-0.3, -0.25) is 4.99 Å². The average Bonchev–Trinajstić information content (AvgIpc) is 1.83. The van der Waals surface area contributed by atoms with E-state index >= 15 is 0 Å². The lowest BCUT2D eigenvalue weighted by molar-refractivity contribution is 0.387. The van der Waals surface area contributed by atoms with Gasteiger partial charge < -0.3 is 0 Å². The van der Waals surface area contributed by atoms with Crippen LogP contribution in [0.15, 0.2) is 4.99 Å². The van der Waals surface area contributed by atoms with Crippen molar-refractivity contribution in [3.05, 3.63) is 0 Å². The van der Waals surface area contributed by atoms with E-state index in [2.05, 4.69) is 39.6 Å². The molecule has 0 amide bonds. The van der Waals surface area contributed by atoms with Crippen LogP contribution in [0.1, 0.15) is 54.9 Å². The zero-order valence-electron chi connectivity index (χ0n) is 9.07. The van der Waals surface area contributed by atoms with Crippen molar-refractivity contribution in [1.82, 2.24) is 0 Å². The van der Waals surface area contributed by atoms with Gasteiger partial charge in [-0.1, -0.05) is 42.0 Å². The van der Waals surface area contributed by atoms with Crippen LogP contribution in [0.3, 0.4) is 0 Å². The fourth-order valence-corrected chi connectivity index (χ4v) is 2.30. The van der Waals surface area contributed by atoms with Gasteiger partial charge in [0.15, 0.2) is 0 Å². The normalized spacial score (nSPS) is 21.8. The molecule has 13 heavy (non-hydrogen) atoms. The van der Waals surface area contributed by atoms with Crippen LogP contribution in [0.25, 0.3) is 0 Å². The summed E-state index contributed by atoms with van der Waals surface area (Å²) < 4.78 is 0. The molecule has 1 nitrogen and oxygen atoms in total. The molecule has 0 aromatic carbocycles. The third-order valence-corrected chi connectivity index (χ3v) is 2.58. The maximum absolute atomic E-state index is 4.67. The number of aliphatic imine (C=N–C) groups is 1. The Kier molecular flexibility index (Phi) is 3.71. The zero-order chi connectivity index (χ0) is 9.41. The van der Waals surface area contributed by atoms with Gasteiger partial charge in [0.2, 0.25) is 0 Å². The summed E-state index contributed by atoms with van der Waals surface area (Å²) in [5, 5.41) is 0. The molecule has 0 aromatic heterocycles. The van der Waals surface area contributed by atoms with Crippen LogP contribution in [0.5, 0.6) is 0 Å². The molecule has 0 bridgehead atoms. The molecule has 0 aromatic rings. The number of nitrogens with zero attached hydrogens (tertiary/aromatic N) is 1. The molecule has 0 atom stereocenters. The lowest BCUT2D eigenvalue weighted by atomic mass is 9.70. The Morgan fingerprint density at radius 3 is 2.08 bits per heavy atom. The monoisotopic (exact) mass is 183 g/mol. The Morgan fingerprint density at radius 2 is 1.77 bits per heavy atom. The Balaban J connectivity index is 0.00000144. The van der Waals surface area contributed by atoms with Crippen LogP contribution in [-0.4, -0.2) is 12.3 Å². The first-order valence-electron chi connectivity index (χ1n) is 4.89. The van der Waals surface area contributed by atoms with Crippen LogP contribution in [0.4, 0.5) is 0 Å². The lowest BCUT2D eigenvalue weighted by Crippen LogP contribution is -2.37. The van der Waals surface area contributed by atoms with E-state index in [0.29, 0.717) is 5.41 Å². The number of hydrogen-bond donors (Lipinski definition) is 0. The minimum Gasteiger partial charge on any atom is -0.293 e. The summed E-state index contributed by atoms with van der Waals surface area (Å²) in [5.41, 5.74) is 1.99. The topological polar surface area (TPSA) is 12.4 Å².